The Hall–Kier alpha value is 0.0600. The fraction of sp³-hybridized carbons (Fsp3) is 1.00. The highest BCUT2D eigenvalue weighted by atomic mass is 35.5. The summed E-state index contributed by atoms with van der Waals surface area (Å²) < 4.78 is 46.8. The molecule has 0 heterocycles. The van der Waals surface area contributed by atoms with Gasteiger partial charge in [0.2, 0.25) is 0 Å². The van der Waals surface area contributed by atoms with Gasteiger partial charge in [-0.3, -0.25) is 0 Å². The molecule has 0 bridgehead atoms. The van der Waals surface area contributed by atoms with E-state index in [0.29, 0.717) is 12.8 Å². The molecule has 0 aromatic heterocycles. The van der Waals surface area contributed by atoms with Crippen molar-refractivity contribution in [3.8, 4) is 0 Å². The summed E-state index contributed by atoms with van der Waals surface area (Å²) in [4.78, 5) is 0. The van der Waals surface area contributed by atoms with Crippen molar-refractivity contribution in [1.82, 2.24) is 4.72 Å². The molecule has 0 saturated heterocycles. The first-order valence-electron chi connectivity index (χ1n) is 3.29. The van der Waals surface area contributed by atoms with Crippen molar-refractivity contribution in [1.29, 1.82) is 0 Å². The molecule has 1 rings (SSSR count). The summed E-state index contributed by atoms with van der Waals surface area (Å²) in [6, 6.07) is 0. The van der Waals surface area contributed by atoms with E-state index >= 15 is 0 Å². The summed E-state index contributed by atoms with van der Waals surface area (Å²) in [5, 5.41) is 0. The molecule has 7 heteroatoms. The Labute approximate surface area is 74.1 Å². The lowest BCUT2D eigenvalue weighted by molar-refractivity contribution is 0.231. The van der Waals surface area contributed by atoms with Gasteiger partial charge in [0.15, 0.2) is 0 Å². The molecule has 0 amide bonds. The van der Waals surface area contributed by atoms with E-state index in [0.717, 1.165) is 0 Å². The molecule has 72 valence electrons. The topological polar surface area (TPSA) is 46.2 Å². The molecular formula is C5H8ClF2NO2S. The third kappa shape index (κ3) is 2.05. The molecule has 0 radical (unpaired) electrons. The molecule has 0 spiro atoms. The molecule has 0 aromatic carbocycles. The van der Waals surface area contributed by atoms with E-state index in [4.69, 9.17) is 11.6 Å². The summed E-state index contributed by atoms with van der Waals surface area (Å²) in [7, 11) is -4.47. The molecule has 1 fully saturated rings. The van der Waals surface area contributed by atoms with E-state index in [1.54, 1.807) is 0 Å². The van der Waals surface area contributed by atoms with Crippen LogP contribution < -0.4 is 4.72 Å². The van der Waals surface area contributed by atoms with Gasteiger partial charge in [0, 0.05) is 11.4 Å². The first kappa shape index (κ1) is 10.1. The highest BCUT2D eigenvalue weighted by Crippen LogP contribution is 2.37. The van der Waals surface area contributed by atoms with Gasteiger partial charge in [-0.15, -0.1) is 11.6 Å². The number of alkyl halides is 3. The Balaban J connectivity index is 2.62. The predicted molar refractivity (Wildman–Crippen MR) is 40.7 cm³/mol. The number of halogens is 3. The lowest BCUT2D eigenvalue weighted by Crippen LogP contribution is -2.41. The molecule has 1 saturated carbocycles. The fourth-order valence-electron chi connectivity index (χ4n) is 0.760. The van der Waals surface area contributed by atoms with Gasteiger partial charge in [0.1, 0.15) is 0 Å². The zero-order valence-electron chi connectivity index (χ0n) is 6.06. The minimum atomic E-state index is -4.47. The number of rotatable bonds is 4. The van der Waals surface area contributed by atoms with E-state index in [1.807, 2.05) is 4.72 Å². The lowest BCUT2D eigenvalue weighted by atomic mass is 10.4. The Kier molecular flexibility index (Phi) is 2.60. The van der Waals surface area contributed by atoms with Crippen molar-refractivity contribution in [2.45, 2.75) is 24.1 Å². The predicted octanol–water partition coefficient (Wildman–Crippen LogP) is 0.900. The molecule has 3 nitrogen and oxygen atoms in total. The van der Waals surface area contributed by atoms with Gasteiger partial charge in [0.25, 0.3) is 10.0 Å². The fourth-order valence-corrected chi connectivity index (χ4v) is 2.14. The number of hydrogen-bond acceptors (Lipinski definition) is 2. The lowest BCUT2D eigenvalue weighted by Gasteiger charge is -2.12. The molecule has 0 unspecified atom stereocenters. The molecule has 0 atom stereocenters. The Morgan fingerprint density at radius 1 is 1.50 bits per heavy atom. The van der Waals surface area contributed by atoms with Crippen LogP contribution in [0.5, 0.6) is 0 Å². The number of sulfonamides is 1. The standard InChI is InChI=1S/C5H8ClF2NO2S/c6-3-5(1-2-5)9-12(10,11)4(7)8/h4,9H,1-3H2. The average molecular weight is 220 g/mol. The van der Waals surface area contributed by atoms with E-state index in [-0.39, 0.29) is 5.88 Å². The Bertz CT molecular complexity index is 263. The van der Waals surface area contributed by atoms with E-state index in [2.05, 4.69) is 0 Å². The zero-order valence-corrected chi connectivity index (χ0v) is 7.63. The van der Waals surface area contributed by atoms with Gasteiger partial charge < -0.3 is 0 Å². The van der Waals surface area contributed by atoms with Gasteiger partial charge in [0.05, 0.1) is 0 Å². The van der Waals surface area contributed by atoms with E-state index in [9.17, 15) is 17.2 Å². The van der Waals surface area contributed by atoms with Gasteiger partial charge in [-0.2, -0.15) is 8.78 Å². The van der Waals surface area contributed by atoms with Gasteiger partial charge in [-0.1, -0.05) is 0 Å². The smallest absolute Gasteiger partial charge is 0.206 e. The summed E-state index contributed by atoms with van der Waals surface area (Å²) in [6.07, 6.45) is 1.06. The maximum Gasteiger partial charge on any atom is 0.350 e. The monoisotopic (exact) mass is 219 g/mol. The van der Waals surface area contributed by atoms with Crippen LogP contribution in [0.15, 0.2) is 0 Å². The van der Waals surface area contributed by atoms with Crippen LogP contribution >= 0.6 is 11.6 Å². The van der Waals surface area contributed by atoms with Crippen molar-refractivity contribution in [3.63, 3.8) is 0 Å². The Morgan fingerprint density at radius 2 is 2.00 bits per heavy atom. The van der Waals surface area contributed by atoms with Crippen LogP contribution in [0, 0.1) is 0 Å². The third-order valence-electron chi connectivity index (χ3n) is 1.70. The zero-order chi connectivity index (χ0) is 9.41. The van der Waals surface area contributed by atoms with Gasteiger partial charge >= 0.3 is 5.76 Å². The maximum atomic E-state index is 11.8. The molecular weight excluding hydrogens is 212 g/mol. The third-order valence-corrected chi connectivity index (χ3v) is 3.40. The van der Waals surface area contributed by atoms with Crippen molar-refractivity contribution in [2.24, 2.45) is 0 Å². The first-order chi connectivity index (χ1) is 5.42. The van der Waals surface area contributed by atoms with E-state index in [1.165, 1.54) is 0 Å². The van der Waals surface area contributed by atoms with Crippen LogP contribution in [-0.2, 0) is 10.0 Å². The molecule has 1 aliphatic carbocycles. The van der Waals surface area contributed by atoms with Crippen molar-refractivity contribution < 1.29 is 17.2 Å². The molecule has 1 aliphatic rings. The molecule has 12 heavy (non-hydrogen) atoms. The van der Waals surface area contributed by atoms with Crippen molar-refractivity contribution >= 4 is 21.6 Å². The second-order valence-electron chi connectivity index (χ2n) is 2.82. The SMILES string of the molecule is O=S(=O)(NC1(CCl)CC1)C(F)F. The summed E-state index contributed by atoms with van der Waals surface area (Å²) in [5.41, 5.74) is -0.795. The normalized spacial score (nSPS) is 21.3. The van der Waals surface area contributed by atoms with Crippen LogP contribution in [-0.4, -0.2) is 25.6 Å². The number of nitrogens with one attached hydrogen (secondary N) is 1. The average Bonchev–Trinajstić information content (AvgIpc) is 2.68. The van der Waals surface area contributed by atoms with E-state index < -0.39 is 21.3 Å². The largest absolute Gasteiger partial charge is 0.350 e. The maximum absolute atomic E-state index is 11.8. The van der Waals surface area contributed by atoms with Crippen molar-refractivity contribution in [3.05, 3.63) is 0 Å². The molecule has 0 aromatic rings. The quantitative estimate of drug-likeness (QED) is 0.715. The van der Waals surface area contributed by atoms with Gasteiger partial charge in [-0.25, -0.2) is 13.1 Å². The Morgan fingerprint density at radius 3 is 2.25 bits per heavy atom. The minimum Gasteiger partial charge on any atom is -0.206 e. The molecule has 0 aliphatic heterocycles. The summed E-state index contributed by atoms with van der Waals surface area (Å²) in [6.45, 7) is 0. The highest BCUT2D eigenvalue weighted by Gasteiger charge is 2.46. The summed E-state index contributed by atoms with van der Waals surface area (Å²) >= 11 is 5.39. The first-order valence-corrected chi connectivity index (χ1v) is 5.37. The second-order valence-corrected chi connectivity index (χ2v) is 4.74. The highest BCUT2D eigenvalue weighted by molar-refractivity contribution is 7.89. The number of hydrogen-bond donors (Lipinski definition) is 1. The van der Waals surface area contributed by atoms with Gasteiger partial charge in [-0.05, 0) is 12.8 Å². The minimum absolute atomic E-state index is 0.0406. The van der Waals surface area contributed by atoms with Crippen LogP contribution in [0.1, 0.15) is 12.8 Å². The van der Waals surface area contributed by atoms with Crippen LogP contribution in [0.4, 0.5) is 8.78 Å². The van der Waals surface area contributed by atoms with Crippen molar-refractivity contribution in [2.75, 3.05) is 5.88 Å². The molecule has 1 N–H and O–H groups in total. The van der Waals surface area contributed by atoms with Crippen LogP contribution in [0.25, 0.3) is 0 Å². The van der Waals surface area contributed by atoms with Crippen LogP contribution in [0.2, 0.25) is 0 Å². The summed E-state index contributed by atoms with van der Waals surface area (Å²) in [5.74, 6) is -3.34. The second kappa shape index (κ2) is 3.08. The van der Waals surface area contributed by atoms with Crippen LogP contribution in [0.3, 0.4) is 0 Å².